The molecule has 1 aliphatic rings. The van der Waals surface area contributed by atoms with Gasteiger partial charge in [-0.2, -0.15) is 0 Å². The van der Waals surface area contributed by atoms with E-state index in [1.54, 1.807) is 4.90 Å². The Labute approximate surface area is 151 Å². The number of nitrogens with zero attached hydrogens (tertiary/aromatic N) is 1. The van der Waals surface area contributed by atoms with Crippen LogP contribution in [0.5, 0.6) is 0 Å². The Balaban J connectivity index is 1.77. The number of amides is 1. The lowest BCUT2D eigenvalue weighted by molar-refractivity contribution is -0.122. The number of carbonyl (C=O) groups excluding carboxylic acids is 1. The van der Waals surface area contributed by atoms with E-state index in [4.69, 9.17) is 12.2 Å². The summed E-state index contributed by atoms with van der Waals surface area (Å²) in [7, 11) is 0. The van der Waals surface area contributed by atoms with Crippen molar-refractivity contribution in [1.82, 2.24) is 4.90 Å². The predicted octanol–water partition coefficient (Wildman–Crippen LogP) is 5.03. The third kappa shape index (κ3) is 4.02. The van der Waals surface area contributed by atoms with Crippen LogP contribution >= 0.6 is 24.0 Å². The van der Waals surface area contributed by atoms with Gasteiger partial charge in [0.2, 0.25) is 0 Å². The molecule has 1 aliphatic heterocycles. The maximum atomic E-state index is 12.6. The fraction of sp³-hybridized carbons (Fsp3) is 0.100. The van der Waals surface area contributed by atoms with Crippen molar-refractivity contribution >= 4 is 40.3 Å². The normalized spacial score (nSPS) is 17.0. The van der Waals surface area contributed by atoms with E-state index in [0.29, 0.717) is 15.8 Å². The first kappa shape index (κ1) is 16.7. The average molecular weight is 351 g/mol. The summed E-state index contributed by atoms with van der Waals surface area (Å²) in [5, 5.41) is 0. The molecule has 4 heteroatoms. The second-order valence-corrected chi connectivity index (χ2v) is 7.23. The van der Waals surface area contributed by atoms with Crippen molar-refractivity contribution in [3.8, 4) is 0 Å². The molecule has 0 radical (unpaired) electrons. The van der Waals surface area contributed by atoms with E-state index in [9.17, 15) is 4.79 Å². The Morgan fingerprint density at radius 3 is 2.38 bits per heavy atom. The molecule has 2 aromatic rings. The van der Waals surface area contributed by atoms with Crippen LogP contribution in [0, 0.1) is 0 Å². The van der Waals surface area contributed by atoms with Crippen molar-refractivity contribution in [1.29, 1.82) is 0 Å². The maximum Gasteiger partial charge on any atom is 0.266 e. The molecule has 1 saturated heterocycles. The molecule has 1 heterocycles. The third-order valence-corrected chi connectivity index (χ3v) is 4.99. The summed E-state index contributed by atoms with van der Waals surface area (Å²) in [6.45, 7) is 2.51. The minimum absolute atomic E-state index is 0.0188. The molecule has 0 unspecified atom stereocenters. The van der Waals surface area contributed by atoms with Gasteiger partial charge in [0, 0.05) is 0 Å². The van der Waals surface area contributed by atoms with Gasteiger partial charge in [-0.3, -0.25) is 9.69 Å². The molecule has 0 saturated carbocycles. The SMILES string of the molecule is CC(=C/c1ccccc1)/C=C1\SC(=S)N(Cc2ccccc2)C1=O. The van der Waals surface area contributed by atoms with Crippen LogP contribution in [0.25, 0.3) is 6.08 Å². The zero-order chi connectivity index (χ0) is 16.9. The number of benzene rings is 2. The molecule has 1 amide bonds. The van der Waals surface area contributed by atoms with Crippen LogP contribution in [-0.2, 0) is 11.3 Å². The van der Waals surface area contributed by atoms with Crippen molar-refractivity contribution < 1.29 is 4.79 Å². The second kappa shape index (κ2) is 7.60. The molecule has 1 fully saturated rings. The molecular weight excluding hydrogens is 334 g/mol. The van der Waals surface area contributed by atoms with E-state index in [0.717, 1.165) is 16.7 Å². The summed E-state index contributed by atoms with van der Waals surface area (Å²) in [5.74, 6) is -0.0188. The van der Waals surface area contributed by atoms with Gasteiger partial charge in [-0.15, -0.1) is 0 Å². The predicted molar refractivity (Wildman–Crippen MR) is 105 cm³/mol. The van der Waals surface area contributed by atoms with Gasteiger partial charge < -0.3 is 0 Å². The summed E-state index contributed by atoms with van der Waals surface area (Å²) in [6.07, 6.45) is 3.97. The van der Waals surface area contributed by atoms with Gasteiger partial charge in [0.1, 0.15) is 4.32 Å². The first-order chi connectivity index (χ1) is 11.6. The van der Waals surface area contributed by atoms with Gasteiger partial charge in [0.15, 0.2) is 0 Å². The summed E-state index contributed by atoms with van der Waals surface area (Å²) < 4.78 is 0.614. The standard InChI is InChI=1S/C20H17NOS2/c1-15(12-16-8-4-2-5-9-16)13-18-19(22)21(20(23)24-18)14-17-10-6-3-7-11-17/h2-13H,14H2,1H3/b15-12-,18-13-. The smallest absolute Gasteiger partial charge is 0.266 e. The molecule has 0 spiro atoms. The Bertz CT molecular complexity index is 810. The van der Waals surface area contributed by atoms with Gasteiger partial charge in [0.05, 0.1) is 11.4 Å². The van der Waals surface area contributed by atoms with Gasteiger partial charge >= 0.3 is 0 Å². The van der Waals surface area contributed by atoms with Gasteiger partial charge in [-0.05, 0) is 29.7 Å². The highest BCUT2D eigenvalue weighted by molar-refractivity contribution is 8.26. The van der Waals surface area contributed by atoms with Crippen LogP contribution < -0.4 is 0 Å². The number of hydrogen-bond donors (Lipinski definition) is 0. The average Bonchev–Trinajstić information content (AvgIpc) is 2.84. The largest absolute Gasteiger partial charge is 0.288 e. The molecule has 0 atom stereocenters. The highest BCUT2D eigenvalue weighted by Gasteiger charge is 2.31. The summed E-state index contributed by atoms with van der Waals surface area (Å²) in [5.41, 5.74) is 3.22. The molecular formula is C20H17NOS2. The summed E-state index contributed by atoms with van der Waals surface area (Å²) >= 11 is 6.75. The quantitative estimate of drug-likeness (QED) is 0.569. The lowest BCUT2D eigenvalue weighted by Gasteiger charge is -2.14. The Morgan fingerprint density at radius 1 is 1.08 bits per heavy atom. The van der Waals surface area contributed by atoms with Crippen molar-refractivity contribution in [2.45, 2.75) is 13.5 Å². The minimum Gasteiger partial charge on any atom is -0.288 e. The van der Waals surface area contributed by atoms with E-state index in [1.165, 1.54) is 11.8 Å². The lowest BCUT2D eigenvalue weighted by atomic mass is 10.1. The lowest BCUT2D eigenvalue weighted by Crippen LogP contribution is -2.27. The molecule has 24 heavy (non-hydrogen) atoms. The molecule has 0 N–H and O–H groups in total. The summed E-state index contributed by atoms with van der Waals surface area (Å²) in [6, 6.07) is 20.0. The second-order valence-electron chi connectivity index (χ2n) is 5.55. The van der Waals surface area contributed by atoms with E-state index in [-0.39, 0.29) is 5.91 Å². The van der Waals surface area contributed by atoms with Crippen molar-refractivity contribution in [3.63, 3.8) is 0 Å². The van der Waals surface area contributed by atoms with Crippen LogP contribution in [0.1, 0.15) is 18.1 Å². The van der Waals surface area contributed by atoms with Crippen molar-refractivity contribution in [2.24, 2.45) is 0 Å². The minimum atomic E-state index is -0.0188. The van der Waals surface area contributed by atoms with Gasteiger partial charge in [0.25, 0.3) is 5.91 Å². The Hall–Kier alpha value is -2.17. The molecule has 3 rings (SSSR count). The van der Waals surface area contributed by atoms with Crippen molar-refractivity contribution in [2.75, 3.05) is 0 Å². The highest BCUT2D eigenvalue weighted by atomic mass is 32.2. The first-order valence-corrected chi connectivity index (χ1v) is 8.88. The van der Waals surface area contributed by atoms with E-state index >= 15 is 0 Å². The number of allylic oxidation sites excluding steroid dienone is 2. The van der Waals surface area contributed by atoms with Crippen LogP contribution in [0.2, 0.25) is 0 Å². The molecule has 0 bridgehead atoms. The number of rotatable bonds is 4. The molecule has 0 aromatic heterocycles. The van der Waals surface area contributed by atoms with E-state index < -0.39 is 0 Å². The number of carbonyl (C=O) groups is 1. The van der Waals surface area contributed by atoms with Crippen LogP contribution in [0.4, 0.5) is 0 Å². The fourth-order valence-corrected chi connectivity index (χ4v) is 3.77. The maximum absolute atomic E-state index is 12.6. The zero-order valence-electron chi connectivity index (χ0n) is 13.3. The number of thioether (sulfide) groups is 1. The first-order valence-electron chi connectivity index (χ1n) is 7.66. The van der Waals surface area contributed by atoms with E-state index in [2.05, 4.69) is 6.08 Å². The highest BCUT2D eigenvalue weighted by Crippen LogP contribution is 2.33. The van der Waals surface area contributed by atoms with Crippen LogP contribution in [0.3, 0.4) is 0 Å². The third-order valence-electron chi connectivity index (χ3n) is 3.61. The number of hydrogen-bond acceptors (Lipinski definition) is 3. The monoisotopic (exact) mass is 351 g/mol. The zero-order valence-corrected chi connectivity index (χ0v) is 14.9. The van der Waals surface area contributed by atoms with Crippen LogP contribution in [0.15, 0.2) is 77.2 Å². The molecule has 2 aromatic carbocycles. The topological polar surface area (TPSA) is 20.3 Å². The Morgan fingerprint density at radius 2 is 1.71 bits per heavy atom. The van der Waals surface area contributed by atoms with E-state index in [1.807, 2.05) is 73.7 Å². The molecule has 0 aliphatic carbocycles. The van der Waals surface area contributed by atoms with Gasteiger partial charge in [-0.1, -0.05) is 90.7 Å². The van der Waals surface area contributed by atoms with Gasteiger partial charge in [-0.25, -0.2) is 0 Å². The Kier molecular flexibility index (Phi) is 5.28. The fourth-order valence-electron chi connectivity index (χ4n) is 2.46. The molecule has 2 nitrogen and oxygen atoms in total. The molecule has 120 valence electrons. The summed E-state index contributed by atoms with van der Waals surface area (Å²) in [4.78, 5) is 15.0. The van der Waals surface area contributed by atoms with Crippen molar-refractivity contribution in [3.05, 3.63) is 88.3 Å². The number of thiocarbonyl (C=S) groups is 1. The van der Waals surface area contributed by atoms with Crippen LogP contribution in [-0.4, -0.2) is 15.1 Å².